The molecule has 336 valence electrons. The van der Waals surface area contributed by atoms with Crippen LogP contribution in [0.15, 0.2) is 122 Å². The van der Waals surface area contributed by atoms with Crippen LogP contribution in [0.25, 0.3) is 0 Å². The van der Waals surface area contributed by atoms with Gasteiger partial charge in [-0.3, -0.25) is 14.4 Å². The van der Waals surface area contributed by atoms with E-state index >= 15 is 0 Å². The summed E-state index contributed by atoms with van der Waals surface area (Å²) in [5.41, 5.74) is 0. The Balaban J connectivity index is 4.52. The lowest BCUT2D eigenvalue weighted by Crippen LogP contribution is -2.30. The summed E-state index contributed by atoms with van der Waals surface area (Å²) in [7, 11) is 0. The van der Waals surface area contributed by atoms with Crippen molar-refractivity contribution < 1.29 is 28.6 Å². The van der Waals surface area contributed by atoms with Gasteiger partial charge < -0.3 is 14.2 Å². The zero-order valence-corrected chi connectivity index (χ0v) is 38.2. The second-order valence-corrected chi connectivity index (χ2v) is 14.9. The van der Waals surface area contributed by atoms with E-state index in [1.807, 2.05) is 12.2 Å². The number of rotatable bonds is 40. The van der Waals surface area contributed by atoms with E-state index in [0.717, 1.165) is 116 Å². The third kappa shape index (κ3) is 44.9. The van der Waals surface area contributed by atoms with Crippen molar-refractivity contribution in [2.24, 2.45) is 0 Å². The molecule has 0 N–H and O–H groups in total. The first-order chi connectivity index (χ1) is 29.5. The fraction of sp³-hybridized carbons (Fsp3) is 0.574. The van der Waals surface area contributed by atoms with Gasteiger partial charge in [0.2, 0.25) is 0 Å². The van der Waals surface area contributed by atoms with E-state index in [1.54, 1.807) is 0 Å². The van der Waals surface area contributed by atoms with Crippen molar-refractivity contribution in [2.45, 2.75) is 187 Å². The van der Waals surface area contributed by atoms with Crippen molar-refractivity contribution in [1.29, 1.82) is 0 Å². The second kappa shape index (κ2) is 47.5. The van der Waals surface area contributed by atoms with E-state index in [2.05, 4.69) is 130 Å². The fourth-order valence-corrected chi connectivity index (χ4v) is 5.78. The average molecular weight is 829 g/mol. The van der Waals surface area contributed by atoms with Gasteiger partial charge in [0, 0.05) is 19.3 Å². The fourth-order valence-electron chi connectivity index (χ4n) is 5.78. The summed E-state index contributed by atoms with van der Waals surface area (Å²) in [6, 6.07) is 0. The molecule has 0 radical (unpaired) electrons. The van der Waals surface area contributed by atoms with E-state index in [-0.39, 0.29) is 37.5 Å². The molecule has 60 heavy (non-hydrogen) atoms. The molecule has 1 atom stereocenters. The van der Waals surface area contributed by atoms with Gasteiger partial charge in [-0.2, -0.15) is 0 Å². The van der Waals surface area contributed by atoms with E-state index in [4.69, 9.17) is 14.2 Å². The molecule has 0 heterocycles. The van der Waals surface area contributed by atoms with Crippen LogP contribution in [0.1, 0.15) is 181 Å². The molecule has 0 aliphatic rings. The minimum absolute atomic E-state index is 0.126. The molecule has 0 spiro atoms. The molecule has 0 aliphatic heterocycles. The molecule has 0 amide bonds. The Morgan fingerprint density at radius 3 is 1.07 bits per heavy atom. The molecule has 0 saturated heterocycles. The summed E-state index contributed by atoms with van der Waals surface area (Å²) < 4.78 is 16.6. The van der Waals surface area contributed by atoms with Crippen LogP contribution >= 0.6 is 0 Å². The maximum atomic E-state index is 12.7. The summed E-state index contributed by atoms with van der Waals surface area (Å²) in [5.74, 6) is -1.07. The Morgan fingerprint density at radius 2 is 0.633 bits per heavy atom. The number of unbranched alkanes of at least 4 members (excludes halogenated alkanes) is 9. The van der Waals surface area contributed by atoms with Gasteiger partial charge in [-0.1, -0.05) is 174 Å². The lowest BCUT2D eigenvalue weighted by Gasteiger charge is -2.18. The molecule has 0 saturated carbocycles. The highest BCUT2D eigenvalue weighted by Crippen LogP contribution is 2.12. The standard InChI is InChI=1S/C54H84O6/c1-4-7-10-13-16-19-21-23-25-26-27-28-29-31-32-35-38-41-44-47-53(56)59-50-51(49-58-52(55)46-43-40-37-34-18-15-12-9-6-3)60-54(57)48-45-42-39-36-33-30-24-22-20-17-14-11-8-5-2/h7-12,16-20,23,25,27-28,31-32,34,38,41,51H,4-6,13-15,21-22,24,26,29-30,33,35-37,39-40,42-50H2,1-3H3/b10-7-,11-8-,12-9-,19-16-,20-17-,25-23-,28-27-,32-31-,34-18-,41-38-. The van der Waals surface area contributed by atoms with E-state index in [9.17, 15) is 14.4 Å². The SMILES string of the molecule is CC/C=C\C/C=C\C/C=C\C/C=C\C/C=C\C/C=C\CCC(=O)OCC(COC(=O)CCCC/C=C\C/C=C\CC)OC(=O)CCCCCCCCC/C=C\C/C=C\CC. The van der Waals surface area contributed by atoms with Gasteiger partial charge in [-0.05, 0) is 109 Å². The Hall–Kier alpha value is -4.19. The van der Waals surface area contributed by atoms with Crippen molar-refractivity contribution in [3.05, 3.63) is 122 Å². The predicted octanol–water partition coefficient (Wildman–Crippen LogP) is 15.4. The van der Waals surface area contributed by atoms with Gasteiger partial charge >= 0.3 is 17.9 Å². The molecule has 0 bridgehead atoms. The summed E-state index contributed by atoms with van der Waals surface area (Å²) in [6.45, 7) is 6.16. The number of hydrogen-bond acceptors (Lipinski definition) is 6. The number of carbonyl (C=O) groups is 3. The molecule has 6 nitrogen and oxygen atoms in total. The molecular weight excluding hydrogens is 745 g/mol. The van der Waals surface area contributed by atoms with Crippen molar-refractivity contribution in [1.82, 2.24) is 0 Å². The number of esters is 3. The molecule has 0 aromatic rings. The lowest BCUT2D eigenvalue weighted by atomic mass is 10.1. The normalized spacial score (nSPS) is 13.2. The van der Waals surface area contributed by atoms with Crippen LogP contribution in [0, 0.1) is 0 Å². The third-order valence-corrected chi connectivity index (χ3v) is 9.21. The summed E-state index contributed by atoms with van der Waals surface area (Å²) in [6.07, 6.45) is 64.9. The summed E-state index contributed by atoms with van der Waals surface area (Å²) in [5, 5.41) is 0. The zero-order valence-electron chi connectivity index (χ0n) is 38.2. The van der Waals surface area contributed by atoms with Crippen LogP contribution in [0.2, 0.25) is 0 Å². The van der Waals surface area contributed by atoms with E-state index in [0.29, 0.717) is 19.3 Å². The molecule has 0 aliphatic carbocycles. The molecule has 0 aromatic heterocycles. The largest absolute Gasteiger partial charge is 0.462 e. The Morgan fingerprint density at radius 1 is 0.333 bits per heavy atom. The molecule has 6 heteroatoms. The topological polar surface area (TPSA) is 78.9 Å². The van der Waals surface area contributed by atoms with E-state index < -0.39 is 6.10 Å². The number of carbonyl (C=O) groups excluding carboxylic acids is 3. The monoisotopic (exact) mass is 829 g/mol. The Labute approximate surface area is 367 Å². The highest BCUT2D eigenvalue weighted by atomic mass is 16.6. The number of allylic oxidation sites excluding steroid dienone is 20. The molecule has 1 unspecified atom stereocenters. The maximum absolute atomic E-state index is 12.7. The van der Waals surface area contributed by atoms with Gasteiger partial charge in [0.05, 0.1) is 0 Å². The van der Waals surface area contributed by atoms with Crippen LogP contribution < -0.4 is 0 Å². The summed E-state index contributed by atoms with van der Waals surface area (Å²) >= 11 is 0. The molecular formula is C54H84O6. The van der Waals surface area contributed by atoms with Gasteiger partial charge in [0.25, 0.3) is 0 Å². The minimum atomic E-state index is -0.827. The van der Waals surface area contributed by atoms with Gasteiger partial charge in [0.15, 0.2) is 6.10 Å². The number of hydrogen-bond donors (Lipinski definition) is 0. The minimum Gasteiger partial charge on any atom is -0.462 e. The van der Waals surface area contributed by atoms with Gasteiger partial charge in [-0.15, -0.1) is 0 Å². The zero-order chi connectivity index (χ0) is 43.7. The number of ether oxygens (including phenoxy) is 3. The quantitative estimate of drug-likeness (QED) is 0.0265. The van der Waals surface area contributed by atoms with Gasteiger partial charge in [0.1, 0.15) is 13.2 Å². The van der Waals surface area contributed by atoms with Crippen molar-refractivity contribution in [3.63, 3.8) is 0 Å². The summed E-state index contributed by atoms with van der Waals surface area (Å²) in [4.78, 5) is 37.7. The molecule has 0 fully saturated rings. The van der Waals surface area contributed by atoms with Crippen LogP contribution in [-0.2, 0) is 28.6 Å². The first kappa shape index (κ1) is 55.8. The first-order valence-corrected chi connectivity index (χ1v) is 23.5. The predicted molar refractivity (Wildman–Crippen MR) is 256 cm³/mol. The average Bonchev–Trinajstić information content (AvgIpc) is 3.24. The molecule has 0 rings (SSSR count). The first-order valence-electron chi connectivity index (χ1n) is 23.5. The van der Waals surface area contributed by atoms with Crippen molar-refractivity contribution >= 4 is 17.9 Å². The highest BCUT2D eigenvalue weighted by Gasteiger charge is 2.19. The van der Waals surface area contributed by atoms with Crippen LogP contribution in [-0.4, -0.2) is 37.2 Å². The lowest BCUT2D eigenvalue weighted by molar-refractivity contribution is -0.166. The van der Waals surface area contributed by atoms with E-state index in [1.165, 1.54) is 19.3 Å². The van der Waals surface area contributed by atoms with Crippen molar-refractivity contribution in [3.8, 4) is 0 Å². The van der Waals surface area contributed by atoms with Gasteiger partial charge in [-0.25, -0.2) is 0 Å². The maximum Gasteiger partial charge on any atom is 0.306 e. The second-order valence-electron chi connectivity index (χ2n) is 14.9. The van der Waals surface area contributed by atoms with Crippen LogP contribution in [0.5, 0.6) is 0 Å². The van der Waals surface area contributed by atoms with Crippen LogP contribution in [0.3, 0.4) is 0 Å². The van der Waals surface area contributed by atoms with Crippen molar-refractivity contribution in [2.75, 3.05) is 13.2 Å². The smallest absolute Gasteiger partial charge is 0.306 e. The Kier molecular flexibility index (Phi) is 44.2. The van der Waals surface area contributed by atoms with Crippen LogP contribution in [0.4, 0.5) is 0 Å². The Bertz CT molecular complexity index is 1320. The highest BCUT2D eigenvalue weighted by molar-refractivity contribution is 5.71. The molecule has 0 aromatic carbocycles. The third-order valence-electron chi connectivity index (χ3n) is 9.21.